The van der Waals surface area contributed by atoms with E-state index in [0.29, 0.717) is 17.1 Å². The summed E-state index contributed by atoms with van der Waals surface area (Å²) in [6, 6.07) is 6.35. The van der Waals surface area contributed by atoms with Gasteiger partial charge in [-0.05, 0) is 49.1 Å². The first-order chi connectivity index (χ1) is 12.6. The van der Waals surface area contributed by atoms with Crippen molar-refractivity contribution in [1.82, 2.24) is 9.97 Å². The quantitative estimate of drug-likeness (QED) is 0.718. The number of anilines is 1. The van der Waals surface area contributed by atoms with E-state index in [-0.39, 0.29) is 12.5 Å². The number of thiophene rings is 1. The predicted octanol–water partition coefficient (Wildman–Crippen LogP) is 2.30. The molecule has 7 nitrogen and oxygen atoms in total. The average molecular weight is 368 g/mol. The fraction of sp³-hybridized carbons (Fsp3) is 0.222. The molecule has 1 aromatic carbocycles. The van der Waals surface area contributed by atoms with Gasteiger partial charge in [-0.15, -0.1) is 11.3 Å². The predicted molar refractivity (Wildman–Crippen MR) is 98.5 cm³/mol. The van der Waals surface area contributed by atoms with Crippen LogP contribution in [0.5, 0.6) is 5.88 Å². The van der Waals surface area contributed by atoms with E-state index in [1.165, 1.54) is 16.8 Å². The second kappa shape index (κ2) is 6.72. The van der Waals surface area contributed by atoms with Gasteiger partial charge in [-0.2, -0.15) is 0 Å². The van der Waals surface area contributed by atoms with E-state index >= 15 is 0 Å². The normalized spacial score (nSPS) is 12.8. The molecular formula is C18H16N4O3S. The number of hydrogen-bond acceptors (Lipinski definition) is 6. The van der Waals surface area contributed by atoms with Gasteiger partial charge in [0.05, 0.1) is 5.39 Å². The van der Waals surface area contributed by atoms with Gasteiger partial charge in [-0.1, -0.05) is 0 Å². The van der Waals surface area contributed by atoms with Crippen molar-refractivity contribution >= 4 is 39.1 Å². The Balaban J connectivity index is 1.45. The van der Waals surface area contributed by atoms with Crippen molar-refractivity contribution in [2.45, 2.75) is 19.3 Å². The Morgan fingerprint density at radius 2 is 2.00 bits per heavy atom. The maximum atomic E-state index is 12.1. The van der Waals surface area contributed by atoms with Crippen molar-refractivity contribution in [2.24, 2.45) is 5.73 Å². The molecule has 0 bridgehead atoms. The van der Waals surface area contributed by atoms with Crippen LogP contribution in [0.2, 0.25) is 0 Å². The van der Waals surface area contributed by atoms with Gasteiger partial charge in [0.2, 0.25) is 11.8 Å². The topological polar surface area (TPSA) is 107 Å². The largest absolute Gasteiger partial charge is 0.467 e. The van der Waals surface area contributed by atoms with Crippen molar-refractivity contribution in [2.75, 3.05) is 11.9 Å². The smallest absolute Gasteiger partial charge is 0.262 e. The second-order valence-corrected chi connectivity index (χ2v) is 7.08. The number of nitrogens with two attached hydrogens (primary N) is 1. The highest BCUT2D eigenvalue weighted by molar-refractivity contribution is 7.18. The minimum absolute atomic E-state index is 0.158. The number of nitrogens with zero attached hydrogens (tertiary/aromatic N) is 2. The van der Waals surface area contributed by atoms with E-state index in [9.17, 15) is 9.59 Å². The first-order valence-corrected chi connectivity index (χ1v) is 9.01. The molecule has 0 spiro atoms. The minimum atomic E-state index is -0.512. The number of benzene rings is 1. The lowest BCUT2D eigenvalue weighted by atomic mass is 10.2. The van der Waals surface area contributed by atoms with Crippen LogP contribution in [0.25, 0.3) is 10.2 Å². The van der Waals surface area contributed by atoms with Crippen LogP contribution >= 0.6 is 11.3 Å². The van der Waals surface area contributed by atoms with Gasteiger partial charge in [0.15, 0.2) is 6.61 Å². The van der Waals surface area contributed by atoms with E-state index in [0.717, 1.165) is 29.5 Å². The SMILES string of the molecule is NC(=O)c1ccc(NC(=O)COc2ncnc3sc4c(c23)CCC4)cc1. The van der Waals surface area contributed by atoms with Gasteiger partial charge in [0, 0.05) is 16.1 Å². The van der Waals surface area contributed by atoms with Crippen molar-refractivity contribution in [1.29, 1.82) is 0 Å². The van der Waals surface area contributed by atoms with Crippen molar-refractivity contribution in [3.8, 4) is 5.88 Å². The van der Waals surface area contributed by atoms with Crippen LogP contribution in [0, 0.1) is 0 Å². The summed E-state index contributed by atoms with van der Waals surface area (Å²) in [4.78, 5) is 34.0. The molecule has 1 aliphatic carbocycles. The highest BCUT2D eigenvalue weighted by Crippen LogP contribution is 2.39. The summed E-state index contributed by atoms with van der Waals surface area (Å²) in [5, 5.41) is 3.65. The molecule has 0 fully saturated rings. The number of amides is 2. The number of hydrogen-bond donors (Lipinski definition) is 2. The highest BCUT2D eigenvalue weighted by atomic mass is 32.1. The molecule has 4 rings (SSSR count). The number of ether oxygens (including phenoxy) is 1. The number of carbonyl (C=O) groups is 2. The molecule has 2 heterocycles. The molecule has 0 aliphatic heterocycles. The summed E-state index contributed by atoms with van der Waals surface area (Å²) in [5.74, 6) is -0.369. The molecule has 26 heavy (non-hydrogen) atoms. The average Bonchev–Trinajstić information content (AvgIpc) is 3.21. The van der Waals surface area contributed by atoms with Crippen LogP contribution in [-0.2, 0) is 17.6 Å². The van der Waals surface area contributed by atoms with E-state index in [1.807, 2.05) is 0 Å². The molecular weight excluding hydrogens is 352 g/mol. The maximum absolute atomic E-state index is 12.1. The standard InChI is InChI=1S/C18H16N4O3S/c19-16(24)10-4-6-11(7-5-10)22-14(23)8-25-17-15-12-2-1-3-13(12)26-18(15)21-9-20-17/h4-7,9H,1-3,8H2,(H2,19,24)(H,22,23). The Morgan fingerprint density at radius 3 is 2.77 bits per heavy atom. The number of aromatic nitrogens is 2. The molecule has 2 aromatic heterocycles. The Kier molecular flexibility index (Phi) is 4.26. The van der Waals surface area contributed by atoms with E-state index in [2.05, 4.69) is 15.3 Å². The van der Waals surface area contributed by atoms with Crippen LogP contribution in [0.15, 0.2) is 30.6 Å². The van der Waals surface area contributed by atoms with E-state index in [4.69, 9.17) is 10.5 Å². The first-order valence-electron chi connectivity index (χ1n) is 8.19. The third-order valence-corrected chi connectivity index (χ3v) is 5.46. The minimum Gasteiger partial charge on any atom is -0.467 e. The molecule has 0 radical (unpaired) electrons. The molecule has 0 saturated heterocycles. The Hall–Kier alpha value is -3.00. The molecule has 0 unspecified atom stereocenters. The molecule has 3 aromatic rings. The third kappa shape index (κ3) is 3.11. The summed E-state index contributed by atoms with van der Waals surface area (Å²) in [6.07, 6.45) is 4.66. The summed E-state index contributed by atoms with van der Waals surface area (Å²) in [5.41, 5.74) is 7.39. The zero-order chi connectivity index (χ0) is 18.1. The highest BCUT2D eigenvalue weighted by Gasteiger charge is 2.22. The Labute approximate surface area is 153 Å². The summed E-state index contributed by atoms with van der Waals surface area (Å²) in [7, 11) is 0. The van der Waals surface area contributed by atoms with Gasteiger partial charge in [-0.25, -0.2) is 9.97 Å². The molecule has 8 heteroatoms. The zero-order valence-corrected chi connectivity index (χ0v) is 14.6. The fourth-order valence-corrected chi connectivity index (χ4v) is 4.28. The third-order valence-electron chi connectivity index (χ3n) is 4.26. The number of aryl methyl sites for hydroxylation is 2. The van der Waals surface area contributed by atoms with Gasteiger partial charge < -0.3 is 15.8 Å². The van der Waals surface area contributed by atoms with Crippen molar-refractivity contribution in [3.63, 3.8) is 0 Å². The fourth-order valence-electron chi connectivity index (χ4n) is 3.06. The van der Waals surface area contributed by atoms with Gasteiger partial charge in [0.1, 0.15) is 11.2 Å². The number of primary amides is 1. The van der Waals surface area contributed by atoms with Crippen LogP contribution in [-0.4, -0.2) is 28.4 Å². The van der Waals surface area contributed by atoms with Crippen LogP contribution in [0.1, 0.15) is 27.2 Å². The van der Waals surface area contributed by atoms with Crippen molar-refractivity contribution < 1.29 is 14.3 Å². The zero-order valence-electron chi connectivity index (χ0n) is 13.8. The Bertz CT molecular complexity index is 998. The second-order valence-electron chi connectivity index (χ2n) is 5.99. The summed E-state index contributed by atoms with van der Waals surface area (Å²) in [6.45, 7) is -0.158. The lowest BCUT2D eigenvalue weighted by Crippen LogP contribution is -2.20. The van der Waals surface area contributed by atoms with Crippen LogP contribution in [0.4, 0.5) is 5.69 Å². The van der Waals surface area contributed by atoms with Gasteiger partial charge in [-0.3, -0.25) is 9.59 Å². The summed E-state index contributed by atoms with van der Waals surface area (Å²) >= 11 is 1.67. The Morgan fingerprint density at radius 1 is 1.19 bits per heavy atom. The maximum Gasteiger partial charge on any atom is 0.262 e. The van der Waals surface area contributed by atoms with Gasteiger partial charge in [0.25, 0.3) is 5.91 Å². The van der Waals surface area contributed by atoms with E-state index < -0.39 is 5.91 Å². The molecule has 3 N–H and O–H groups in total. The van der Waals surface area contributed by atoms with Crippen LogP contribution in [0.3, 0.4) is 0 Å². The van der Waals surface area contributed by atoms with E-state index in [1.54, 1.807) is 35.6 Å². The number of rotatable bonds is 5. The van der Waals surface area contributed by atoms with Gasteiger partial charge >= 0.3 is 0 Å². The molecule has 2 amide bonds. The lowest BCUT2D eigenvalue weighted by Gasteiger charge is -2.08. The molecule has 0 atom stereocenters. The number of nitrogens with one attached hydrogen (secondary N) is 1. The monoisotopic (exact) mass is 368 g/mol. The first kappa shape index (κ1) is 16.5. The lowest BCUT2D eigenvalue weighted by molar-refractivity contribution is -0.118. The summed E-state index contributed by atoms with van der Waals surface area (Å²) < 4.78 is 5.67. The number of carbonyl (C=O) groups excluding carboxylic acids is 2. The molecule has 1 aliphatic rings. The van der Waals surface area contributed by atoms with Crippen molar-refractivity contribution in [3.05, 3.63) is 46.6 Å². The molecule has 0 saturated carbocycles. The van der Waals surface area contributed by atoms with Crippen LogP contribution < -0.4 is 15.8 Å². The molecule has 132 valence electrons. The number of fused-ring (bicyclic) bond motifs is 3.